The van der Waals surface area contributed by atoms with Crippen LogP contribution in [0.5, 0.6) is 0 Å². The summed E-state index contributed by atoms with van der Waals surface area (Å²) in [5, 5.41) is 14.4. The van der Waals surface area contributed by atoms with Crippen molar-refractivity contribution in [1.29, 1.82) is 0 Å². The Morgan fingerprint density at radius 1 is 0.943 bits per heavy atom. The van der Waals surface area contributed by atoms with E-state index in [4.69, 9.17) is 0 Å². The van der Waals surface area contributed by atoms with Gasteiger partial charge in [-0.15, -0.1) is 10.2 Å². The van der Waals surface area contributed by atoms with Crippen molar-refractivity contribution in [2.45, 2.75) is 30.1 Å². The first-order valence-electron chi connectivity index (χ1n) is 10.7. The zero-order valence-electron chi connectivity index (χ0n) is 18.7. The van der Waals surface area contributed by atoms with Gasteiger partial charge in [-0.3, -0.25) is 9.36 Å². The molecule has 0 saturated heterocycles. The molecule has 3 aromatic carbocycles. The maximum absolute atomic E-state index is 13.1. The van der Waals surface area contributed by atoms with Crippen LogP contribution in [-0.2, 0) is 17.5 Å². The number of amides is 1. The molecule has 1 aromatic heterocycles. The highest BCUT2D eigenvalue weighted by Gasteiger charge is 2.30. The molecule has 0 aliphatic rings. The number of hydrogen-bond acceptors (Lipinski definition) is 5. The number of nitrogens with zero attached hydrogens (tertiary/aromatic N) is 3. The lowest BCUT2D eigenvalue weighted by atomic mass is 10.2. The Hall–Kier alpha value is -3.79. The minimum Gasteiger partial charge on any atom is -0.378 e. The zero-order chi connectivity index (χ0) is 24.8. The average Bonchev–Trinajstić information content (AvgIpc) is 3.25. The zero-order valence-corrected chi connectivity index (χ0v) is 19.5. The molecule has 0 aliphatic carbocycles. The van der Waals surface area contributed by atoms with Gasteiger partial charge in [-0.05, 0) is 49.4 Å². The number of nitrogens with one attached hydrogen (secondary N) is 2. The minimum absolute atomic E-state index is 0.133. The Balaban J connectivity index is 1.54. The normalized spacial score (nSPS) is 12.2. The van der Waals surface area contributed by atoms with Gasteiger partial charge in [0.2, 0.25) is 5.91 Å². The third kappa shape index (κ3) is 6.21. The van der Waals surface area contributed by atoms with E-state index in [1.807, 2.05) is 48.5 Å². The fourth-order valence-corrected chi connectivity index (χ4v) is 4.18. The van der Waals surface area contributed by atoms with Gasteiger partial charge in [0, 0.05) is 17.1 Å². The van der Waals surface area contributed by atoms with Crippen molar-refractivity contribution in [2.75, 3.05) is 10.6 Å². The lowest BCUT2D eigenvalue weighted by molar-refractivity contribution is -0.137. The molecular formula is C25H22F3N5OS. The maximum atomic E-state index is 13.1. The maximum Gasteiger partial charge on any atom is 0.416 e. The van der Waals surface area contributed by atoms with Crippen molar-refractivity contribution >= 4 is 29.0 Å². The Labute approximate surface area is 204 Å². The van der Waals surface area contributed by atoms with E-state index < -0.39 is 17.0 Å². The summed E-state index contributed by atoms with van der Waals surface area (Å²) in [5.74, 6) is 0.305. The molecule has 10 heteroatoms. The molecule has 0 unspecified atom stereocenters. The molecule has 6 nitrogen and oxygen atoms in total. The second kappa shape index (κ2) is 10.6. The molecule has 0 aliphatic heterocycles. The van der Waals surface area contributed by atoms with Gasteiger partial charge in [0.15, 0.2) is 11.0 Å². The summed E-state index contributed by atoms with van der Waals surface area (Å²) >= 11 is 1.24. The number of alkyl halides is 3. The third-order valence-corrected chi connectivity index (χ3v) is 6.09. The first kappa shape index (κ1) is 24.3. The number of halogens is 3. The van der Waals surface area contributed by atoms with E-state index in [0.29, 0.717) is 22.4 Å². The summed E-state index contributed by atoms with van der Waals surface area (Å²) in [6.45, 7) is 1.90. The van der Waals surface area contributed by atoms with Crippen LogP contribution >= 0.6 is 11.8 Å². The Bertz CT molecular complexity index is 1280. The van der Waals surface area contributed by atoms with Crippen LogP contribution in [0.25, 0.3) is 5.69 Å². The van der Waals surface area contributed by atoms with Crippen LogP contribution in [0, 0.1) is 0 Å². The molecule has 0 bridgehead atoms. The van der Waals surface area contributed by atoms with Gasteiger partial charge in [0.1, 0.15) is 0 Å². The third-order valence-electron chi connectivity index (χ3n) is 5.05. The van der Waals surface area contributed by atoms with Crippen molar-refractivity contribution in [1.82, 2.24) is 14.8 Å². The smallest absolute Gasteiger partial charge is 0.378 e. The summed E-state index contributed by atoms with van der Waals surface area (Å²) in [7, 11) is 0. The van der Waals surface area contributed by atoms with Crippen LogP contribution in [-0.4, -0.2) is 25.9 Å². The summed E-state index contributed by atoms with van der Waals surface area (Å²) in [4.78, 5) is 12.7. The van der Waals surface area contributed by atoms with Crippen molar-refractivity contribution in [3.63, 3.8) is 0 Å². The molecule has 0 fully saturated rings. The molecular weight excluding hydrogens is 475 g/mol. The number of para-hydroxylation sites is 2. The molecule has 1 heterocycles. The van der Waals surface area contributed by atoms with Gasteiger partial charge in [0.05, 0.1) is 17.4 Å². The topological polar surface area (TPSA) is 71.8 Å². The first-order valence-corrected chi connectivity index (χ1v) is 11.6. The van der Waals surface area contributed by atoms with Crippen LogP contribution in [0.2, 0.25) is 0 Å². The lowest BCUT2D eigenvalue weighted by Crippen LogP contribution is -2.23. The monoisotopic (exact) mass is 497 g/mol. The first-order chi connectivity index (χ1) is 16.8. The highest BCUT2D eigenvalue weighted by molar-refractivity contribution is 8.00. The summed E-state index contributed by atoms with van der Waals surface area (Å²) in [5.41, 5.74) is 1.05. The fraction of sp³-hybridized carbons (Fsp3) is 0.160. The molecule has 2 N–H and O–H groups in total. The number of aromatic nitrogens is 3. The van der Waals surface area contributed by atoms with Gasteiger partial charge in [0.25, 0.3) is 0 Å². The molecule has 0 saturated carbocycles. The predicted molar refractivity (Wildman–Crippen MR) is 131 cm³/mol. The standard InChI is InChI=1S/C25H22F3N5OS/c1-17(23(34)30-19-10-4-2-5-11-19)35-24-32-31-22(33(24)21-13-6-3-7-14-21)16-29-20-12-8-9-18(15-20)25(26,27)28/h2-15,17,29H,16H2,1H3,(H,30,34)/t17-/m0/s1. The number of anilines is 2. The minimum atomic E-state index is -4.43. The predicted octanol–water partition coefficient (Wildman–Crippen LogP) is 6.02. The fourth-order valence-electron chi connectivity index (χ4n) is 3.29. The SMILES string of the molecule is C[C@H](Sc1nnc(CNc2cccc(C(F)(F)F)c2)n1-c1ccccc1)C(=O)Nc1ccccc1. The highest BCUT2D eigenvalue weighted by Crippen LogP contribution is 2.31. The number of rotatable bonds is 8. The van der Waals surface area contributed by atoms with Gasteiger partial charge >= 0.3 is 6.18 Å². The summed E-state index contributed by atoms with van der Waals surface area (Å²) in [6.07, 6.45) is -4.43. The number of carbonyl (C=O) groups excluding carboxylic acids is 1. The van der Waals surface area contributed by atoms with Crippen molar-refractivity contribution < 1.29 is 18.0 Å². The van der Waals surface area contributed by atoms with E-state index in [1.54, 1.807) is 29.7 Å². The van der Waals surface area contributed by atoms with Crippen LogP contribution in [0.3, 0.4) is 0 Å². The van der Waals surface area contributed by atoms with E-state index in [1.165, 1.54) is 17.8 Å². The Morgan fingerprint density at radius 3 is 2.29 bits per heavy atom. The number of hydrogen-bond donors (Lipinski definition) is 2. The van der Waals surface area contributed by atoms with Gasteiger partial charge < -0.3 is 10.6 Å². The van der Waals surface area contributed by atoms with Crippen LogP contribution < -0.4 is 10.6 Å². The highest BCUT2D eigenvalue weighted by atomic mass is 32.2. The second-order valence-electron chi connectivity index (χ2n) is 7.62. The van der Waals surface area contributed by atoms with E-state index in [-0.39, 0.29) is 12.5 Å². The quantitative estimate of drug-likeness (QED) is 0.292. The number of benzene rings is 3. The molecule has 4 rings (SSSR count). The molecule has 0 spiro atoms. The number of carbonyl (C=O) groups is 1. The molecule has 4 aromatic rings. The van der Waals surface area contributed by atoms with Crippen molar-refractivity contribution in [2.24, 2.45) is 0 Å². The van der Waals surface area contributed by atoms with E-state index >= 15 is 0 Å². The van der Waals surface area contributed by atoms with Gasteiger partial charge in [-0.1, -0.05) is 54.2 Å². The van der Waals surface area contributed by atoms with Crippen LogP contribution in [0.15, 0.2) is 90.1 Å². The Morgan fingerprint density at radius 2 is 1.60 bits per heavy atom. The van der Waals surface area contributed by atoms with Gasteiger partial charge in [-0.2, -0.15) is 13.2 Å². The Kier molecular flexibility index (Phi) is 7.40. The van der Waals surface area contributed by atoms with Crippen molar-refractivity contribution in [3.8, 4) is 5.69 Å². The average molecular weight is 498 g/mol. The molecule has 0 radical (unpaired) electrons. The van der Waals surface area contributed by atoms with Crippen LogP contribution in [0.1, 0.15) is 18.3 Å². The molecule has 1 atom stereocenters. The number of thioether (sulfide) groups is 1. The van der Waals surface area contributed by atoms with Crippen LogP contribution in [0.4, 0.5) is 24.5 Å². The van der Waals surface area contributed by atoms with Crippen molar-refractivity contribution in [3.05, 3.63) is 96.3 Å². The lowest BCUT2D eigenvalue weighted by Gasteiger charge is -2.15. The molecule has 35 heavy (non-hydrogen) atoms. The summed E-state index contributed by atoms with van der Waals surface area (Å²) < 4.78 is 41.0. The van der Waals surface area contributed by atoms with E-state index in [0.717, 1.165) is 17.8 Å². The molecule has 1 amide bonds. The largest absolute Gasteiger partial charge is 0.416 e. The summed E-state index contributed by atoms with van der Waals surface area (Å²) in [6, 6.07) is 23.5. The van der Waals surface area contributed by atoms with Gasteiger partial charge in [-0.25, -0.2) is 0 Å². The second-order valence-corrected chi connectivity index (χ2v) is 8.93. The van der Waals surface area contributed by atoms with E-state index in [9.17, 15) is 18.0 Å². The molecule has 180 valence electrons. The van der Waals surface area contributed by atoms with E-state index in [2.05, 4.69) is 20.8 Å².